The maximum atomic E-state index is 12.0. The molecule has 1 N–H and O–H groups in total. The van der Waals surface area contributed by atoms with Crippen LogP contribution in [0.15, 0.2) is 48.7 Å². The number of pyridine rings is 1. The summed E-state index contributed by atoms with van der Waals surface area (Å²) in [6.07, 6.45) is 3.03. The average molecular weight is 477 g/mol. The van der Waals surface area contributed by atoms with Crippen molar-refractivity contribution in [3.05, 3.63) is 82.4 Å². The van der Waals surface area contributed by atoms with Crippen molar-refractivity contribution in [1.29, 1.82) is 0 Å². The number of carbonyl (C=O) groups is 1. The first-order valence-electron chi connectivity index (χ1n) is 11.7. The number of rotatable bonds is 7. The second-order valence-electron chi connectivity index (χ2n) is 8.74. The molecule has 0 unspecified atom stereocenters. The highest BCUT2D eigenvalue weighted by Gasteiger charge is 2.41. The highest BCUT2D eigenvalue weighted by molar-refractivity contribution is 7.80. The van der Waals surface area contributed by atoms with E-state index in [0.717, 1.165) is 12.1 Å². The first-order valence-corrected chi connectivity index (χ1v) is 12.1. The van der Waals surface area contributed by atoms with Crippen molar-refractivity contribution in [1.82, 2.24) is 19.8 Å². The molecule has 2 atom stereocenters. The summed E-state index contributed by atoms with van der Waals surface area (Å²) in [4.78, 5) is 18.7. The molecule has 0 aliphatic carbocycles. The van der Waals surface area contributed by atoms with Gasteiger partial charge in [-0.3, -0.25) is 9.78 Å². The van der Waals surface area contributed by atoms with E-state index < -0.39 is 0 Å². The monoisotopic (exact) mass is 476 g/mol. The molecule has 3 aromatic rings. The lowest BCUT2D eigenvalue weighted by Crippen LogP contribution is -2.32. The van der Waals surface area contributed by atoms with E-state index in [2.05, 4.69) is 71.7 Å². The molecule has 3 heterocycles. The molecule has 2 aromatic heterocycles. The fraction of sp³-hybridized carbons (Fsp3) is 0.370. The van der Waals surface area contributed by atoms with Crippen LogP contribution in [0.4, 0.5) is 0 Å². The van der Waals surface area contributed by atoms with Crippen LogP contribution in [0.5, 0.6) is 0 Å². The van der Waals surface area contributed by atoms with Crippen LogP contribution in [0, 0.1) is 20.8 Å². The number of benzene rings is 1. The molecule has 1 fully saturated rings. The molecule has 7 heteroatoms. The summed E-state index contributed by atoms with van der Waals surface area (Å²) in [7, 11) is 1.41. The maximum absolute atomic E-state index is 12.0. The third kappa shape index (κ3) is 4.32. The lowest BCUT2D eigenvalue weighted by atomic mass is 9.96. The number of hydrogen-bond acceptors (Lipinski definition) is 4. The molecular weight excluding hydrogens is 444 g/mol. The van der Waals surface area contributed by atoms with E-state index in [9.17, 15) is 4.79 Å². The van der Waals surface area contributed by atoms with Gasteiger partial charge in [0.1, 0.15) is 0 Å². The zero-order chi connectivity index (χ0) is 24.4. The van der Waals surface area contributed by atoms with Crippen molar-refractivity contribution in [3.8, 4) is 5.69 Å². The Morgan fingerprint density at radius 1 is 1.18 bits per heavy atom. The predicted octanol–water partition coefficient (Wildman–Crippen LogP) is 4.90. The number of nitrogens with zero attached hydrogens (tertiary/aromatic N) is 3. The average Bonchev–Trinajstić information content (AvgIpc) is 3.32. The van der Waals surface area contributed by atoms with Gasteiger partial charge in [-0.2, -0.15) is 0 Å². The number of ether oxygens (including phenoxy) is 1. The number of thiocarbonyl (C=S) groups is 1. The van der Waals surface area contributed by atoms with Crippen molar-refractivity contribution in [2.75, 3.05) is 13.7 Å². The number of aromatic nitrogens is 2. The second kappa shape index (κ2) is 9.97. The summed E-state index contributed by atoms with van der Waals surface area (Å²) in [6.45, 7) is 9.15. The minimum absolute atomic E-state index is 0.0962. The molecule has 0 amide bonds. The Kier molecular flexibility index (Phi) is 7.03. The van der Waals surface area contributed by atoms with Crippen LogP contribution in [0.25, 0.3) is 5.69 Å². The van der Waals surface area contributed by atoms with Gasteiger partial charge >= 0.3 is 5.97 Å². The fourth-order valence-corrected chi connectivity index (χ4v) is 5.39. The van der Waals surface area contributed by atoms with Crippen LogP contribution < -0.4 is 5.32 Å². The number of carbonyl (C=O) groups excluding carboxylic acids is 1. The number of hydrogen-bond donors (Lipinski definition) is 1. The molecule has 1 saturated heterocycles. The van der Waals surface area contributed by atoms with Gasteiger partial charge in [-0.1, -0.05) is 31.2 Å². The summed E-state index contributed by atoms with van der Waals surface area (Å²) in [6, 6.07) is 14.4. The molecule has 6 nitrogen and oxygen atoms in total. The summed E-state index contributed by atoms with van der Waals surface area (Å²) >= 11 is 5.75. The molecule has 4 rings (SSSR count). The molecule has 1 aliphatic heterocycles. The maximum Gasteiger partial charge on any atom is 0.307 e. The van der Waals surface area contributed by atoms with Crippen LogP contribution >= 0.6 is 12.2 Å². The number of para-hydroxylation sites is 1. The molecule has 178 valence electrons. The Bertz CT molecular complexity index is 1200. The number of methoxy groups -OCH3 is 1. The van der Waals surface area contributed by atoms with Crippen LogP contribution in [0.2, 0.25) is 0 Å². The van der Waals surface area contributed by atoms with Crippen molar-refractivity contribution >= 4 is 23.3 Å². The van der Waals surface area contributed by atoms with E-state index in [4.69, 9.17) is 17.0 Å². The topological polar surface area (TPSA) is 59.4 Å². The van der Waals surface area contributed by atoms with E-state index in [-0.39, 0.29) is 24.5 Å². The summed E-state index contributed by atoms with van der Waals surface area (Å²) in [5.74, 6) is -0.249. The number of nitrogens with one attached hydrogen (secondary N) is 1. The Labute approximate surface area is 207 Å². The van der Waals surface area contributed by atoms with Gasteiger partial charge < -0.3 is 19.5 Å². The zero-order valence-electron chi connectivity index (χ0n) is 20.5. The van der Waals surface area contributed by atoms with Crippen LogP contribution in [0.3, 0.4) is 0 Å². The highest BCUT2D eigenvalue weighted by atomic mass is 32.1. The summed E-state index contributed by atoms with van der Waals surface area (Å²) < 4.78 is 7.26. The largest absolute Gasteiger partial charge is 0.469 e. The van der Waals surface area contributed by atoms with E-state index in [1.54, 1.807) is 6.20 Å². The number of esters is 1. The molecular formula is C27H32N4O2S. The lowest BCUT2D eigenvalue weighted by Gasteiger charge is -2.28. The van der Waals surface area contributed by atoms with Crippen LogP contribution in [-0.2, 0) is 16.0 Å². The van der Waals surface area contributed by atoms with Crippen LogP contribution in [0.1, 0.15) is 59.2 Å². The van der Waals surface area contributed by atoms with Gasteiger partial charge in [0.2, 0.25) is 0 Å². The van der Waals surface area contributed by atoms with Crippen LogP contribution in [-0.4, -0.2) is 39.2 Å². The van der Waals surface area contributed by atoms with Crippen molar-refractivity contribution in [2.45, 2.75) is 52.6 Å². The standard InChI is InChI=1S/C27H32N4O2S/c1-6-20-11-9-10-17(2)25(20)31-18(3)16-21(19(31)4)26-24(22-12-7-8-14-28-22)29-27(34)30(26)15-13-23(32)33-5/h7-12,14,16,24,26H,6,13,15H2,1-5H3,(H,29,34)/t24-,26-/m1/s1. The van der Waals surface area contributed by atoms with Gasteiger partial charge in [0.25, 0.3) is 0 Å². The SMILES string of the molecule is CCc1cccc(C)c1-n1c(C)cc([C@@H]2[C@@H](c3ccccn3)NC(=S)N2CCC(=O)OC)c1C. The fourth-order valence-electron chi connectivity index (χ4n) is 5.05. The minimum atomic E-state index is -0.249. The quantitative estimate of drug-likeness (QED) is 0.387. The third-order valence-corrected chi connectivity index (χ3v) is 7.05. The Balaban J connectivity index is 1.84. The number of aryl methyl sites for hydroxylation is 3. The van der Waals surface area contributed by atoms with Gasteiger partial charge in [-0.25, -0.2) is 0 Å². The van der Waals surface area contributed by atoms with Gasteiger partial charge in [0.15, 0.2) is 5.11 Å². The predicted molar refractivity (Wildman–Crippen MR) is 138 cm³/mol. The summed E-state index contributed by atoms with van der Waals surface area (Å²) in [5.41, 5.74) is 8.24. The first kappa shape index (κ1) is 24.0. The molecule has 0 bridgehead atoms. The lowest BCUT2D eigenvalue weighted by molar-refractivity contribution is -0.140. The molecule has 0 saturated carbocycles. The Morgan fingerprint density at radius 3 is 2.65 bits per heavy atom. The Morgan fingerprint density at radius 2 is 1.97 bits per heavy atom. The van der Waals surface area contributed by atoms with Gasteiger partial charge in [-0.05, 0) is 74.3 Å². The Hall–Kier alpha value is -3.19. The van der Waals surface area contributed by atoms with Crippen molar-refractivity contribution in [3.63, 3.8) is 0 Å². The normalized spacial score (nSPS) is 17.7. The molecule has 1 aliphatic rings. The summed E-state index contributed by atoms with van der Waals surface area (Å²) in [5, 5.41) is 4.10. The van der Waals surface area contributed by atoms with Gasteiger partial charge in [-0.15, -0.1) is 0 Å². The highest BCUT2D eigenvalue weighted by Crippen LogP contribution is 2.42. The first-order chi connectivity index (χ1) is 16.4. The molecule has 1 aromatic carbocycles. The molecule has 0 spiro atoms. The van der Waals surface area contributed by atoms with Gasteiger partial charge in [0, 0.05) is 24.1 Å². The van der Waals surface area contributed by atoms with E-state index >= 15 is 0 Å². The second-order valence-corrected chi connectivity index (χ2v) is 9.13. The molecule has 0 radical (unpaired) electrons. The van der Waals surface area contributed by atoms with E-state index in [0.29, 0.717) is 11.7 Å². The third-order valence-electron chi connectivity index (χ3n) is 6.70. The minimum Gasteiger partial charge on any atom is -0.469 e. The van der Waals surface area contributed by atoms with Crippen molar-refractivity contribution < 1.29 is 9.53 Å². The smallest absolute Gasteiger partial charge is 0.307 e. The van der Waals surface area contributed by atoms with Crippen molar-refractivity contribution in [2.24, 2.45) is 0 Å². The van der Waals surface area contributed by atoms with E-state index in [1.165, 1.54) is 40.9 Å². The zero-order valence-corrected chi connectivity index (χ0v) is 21.3. The van der Waals surface area contributed by atoms with E-state index in [1.807, 2.05) is 18.2 Å². The van der Waals surface area contributed by atoms with Gasteiger partial charge in [0.05, 0.1) is 37.0 Å². The molecule has 34 heavy (non-hydrogen) atoms.